The molecule has 0 atom stereocenters. The zero-order valence-electron chi connectivity index (χ0n) is 14.7. The van der Waals surface area contributed by atoms with Crippen molar-refractivity contribution in [3.63, 3.8) is 0 Å². The van der Waals surface area contributed by atoms with Crippen molar-refractivity contribution >= 4 is 17.7 Å². The zero-order valence-corrected chi connectivity index (χ0v) is 14.7. The number of likely N-dealkylation sites (N-methyl/N-ethyl adjacent to an activating group) is 1. The van der Waals surface area contributed by atoms with Crippen LogP contribution in [0.3, 0.4) is 0 Å². The number of carbonyl (C=O) groups is 2. The van der Waals surface area contributed by atoms with Crippen LogP contribution < -0.4 is 0 Å². The van der Waals surface area contributed by atoms with E-state index in [2.05, 4.69) is 21.1 Å². The molecule has 8 nitrogen and oxygen atoms in total. The summed E-state index contributed by atoms with van der Waals surface area (Å²) in [6.45, 7) is 5.82. The summed E-state index contributed by atoms with van der Waals surface area (Å²) in [5, 5.41) is 4.11. The Morgan fingerprint density at radius 2 is 2.12 bits per heavy atom. The van der Waals surface area contributed by atoms with Gasteiger partial charge in [-0.25, -0.2) is 14.3 Å². The third-order valence-electron chi connectivity index (χ3n) is 4.11. The van der Waals surface area contributed by atoms with E-state index in [1.54, 1.807) is 4.90 Å². The Balaban J connectivity index is 1.68. The zero-order chi connectivity index (χ0) is 18.0. The lowest BCUT2D eigenvalue weighted by Gasteiger charge is -2.21. The van der Waals surface area contributed by atoms with Gasteiger partial charge in [-0.15, -0.1) is 5.10 Å². The molecule has 0 aliphatic heterocycles. The molecule has 0 aromatic carbocycles. The fraction of sp³-hybridized carbons (Fsp3) is 0.471. The Hall–Kier alpha value is -2.77. The first kappa shape index (κ1) is 17.1. The summed E-state index contributed by atoms with van der Waals surface area (Å²) < 4.78 is 6.59. The second-order valence-corrected chi connectivity index (χ2v) is 5.99. The first-order valence-corrected chi connectivity index (χ1v) is 8.37. The lowest BCUT2D eigenvalue weighted by molar-refractivity contribution is -0.132. The molecule has 2 aromatic heterocycles. The summed E-state index contributed by atoms with van der Waals surface area (Å²) in [5.74, 6) is -0.732. The lowest BCUT2D eigenvalue weighted by atomic mass is 10.3. The van der Waals surface area contributed by atoms with Crippen molar-refractivity contribution in [2.45, 2.75) is 40.0 Å². The maximum absolute atomic E-state index is 12.3. The average Bonchev–Trinajstić information content (AvgIpc) is 3.23. The molecule has 0 unspecified atom stereocenters. The summed E-state index contributed by atoms with van der Waals surface area (Å²) in [5.41, 5.74) is 2.61. The summed E-state index contributed by atoms with van der Waals surface area (Å²) in [7, 11) is 0. The number of aryl methyl sites for hydroxylation is 2. The van der Waals surface area contributed by atoms with E-state index in [0.717, 1.165) is 36.3 Å². The first-order chi connectivity index (χ1) is 12.0. The maximum Gasteiger partial charge on any atom is 0.378 e. The minimum atomic E-state index is -0.729. The highest BCUT2D eigenvalue weighted by Gasteiger charge is 2.22. The van der Waals surface area contributed by atoms with Crippen LogP contribution in [0.4, 0.5) is 0 Å². The van der Waals surface area contributed by atoms with Gasteiger partial charge < -0.3 is 9.64 Å². The summed E-state index contributed by atoms with van der Waals surface area (Å²) in [6, 6.07) is 1.84. The summed E-state index contributed by atoms with van der Waals surface area (Å²) in [4.78, 5) is 34.5. The van der Waals surface area contributed by atoms with Crippen molar-refractivity contribution in [3.8, 4) is 0 Å². The third-order valence-corrected chi connectivity index (χ3v) is 4.11. The standard InChI is InChI=1S/C17H21N5O3/c1-4-21(13-7-5-6-8-13)14(23)10-25-16(24)15-19-17-18-11(2)9-12(3)22(17)20-15/h7,9H,4-6,8,10H2,1-3H3. The highest BCUT2D eigenvalue weighted by molar-refractivity contribution is 5.88. The van der Waals surface area contributed by atoms with Crippen LogP contribution in [0.1, 0.15) is 48.2 Å². The van der Waals surface area contributed by atoms with Gasteiger partial charge in [0.25, 0.3) is 17.5 Å². The van der Waals surface area contributed by atoms with Crippen LogP contribution in [0.2, 0.25) is 0 Å². The Bertz CT molecular complexity index is 855. The molecule has 0 saturated heterocycles. The van der Waals surface area contributed by atoms with Crippen molar-refractivity contribution in [1.29, 1.82) is 0 Å². The highest BCUT2D eigenvalue weighted by atomic mass is 16.5. The minimum Gasteiger partial charge on any atom is -0.450 e. The molecule has 1 amide bonds. The topological polar surface area (TPSA) is 89.7 Å². The van der Waals surface area contributed by atoms with Crippen molar-refractivity contribution in [1.82, 2.24) is 24.5 Å². The van der Waals surface area contributed by atoms with Gasteiger partial charge in [-0.2, -0.15) is 4.98 Å². The molecule has 1 aliphatic rings. The van der Waals surface area contributed by atoms with Gasteiger partial charge in [-0.05, 0) is 46.1 Å². The number of hydrogen-bond acceptors (Lipinski definition) is 6. The maximum atomic E-state index is 12.3. The van der Waals surface area contributed by atoms with Crippen LogP contribution in [0.25, 0.3) is 5.78 Å². The quantitative estimate of drug-likeness (QED) is 0.769. The molecule has 0 bridgehead atoms. The Morgan fingerprint density at radius 3 is 2.80 bits per heavy atom. The van der Waals surface area contributed by atoms with E-state index < -0.39 is 5.97 Å². The molecule has 0 spiro atoms. The third kappa shape index (κ3) is 3.52. The van der Waals surface area contributed by atoms with Gasteiger partial charge in [0.15, 0.2) is 6.61 Å². The predicted molar refractivity (Wildman–Crippen MR) is 89.9 cm³/mol. The number of aromatic nitrogens is 4. The first-order valence-electron chi connectivity index (χ1n) is 8.37. The van der Waals surface area contributed by atoms with Gasteiger partial charge in [-0.1, -0.05) is 6.08 Å². The van der Waals surface area contributed by atoms with Gasteiger partial charge in [0.2, 0.25) is 0 Å². The van der Waals surface area contributed by atoms with E-state index in [1.807, 2.05) is 26.8 Å². The molecule has 0 fully saturated rings. The normalized spacial score (nSPS) is 13.8. The van der Waals surface area contributed by atoms with Crippen molar-refractivity contribution in [3.05, 3.63) is 35.1 Å². The minimum absolute atomic E-state index is 0.0999. The lowest BCUT2D eigenvalue weighted by Crippen LogP contribution is -2.33. The van der Waals surface area contributed by atoms with E-state index in [-0.39, 0.29) is 18.3 Å². The van der Waals surface area contributed by atoms with Gasteiger partial charge in [0.05, 0.1) is 0 Å². The number of allylic oxidation sites excluding steroid dienone is 2. The fourth-order valence-electron chi connectivity index (χ4n) is 2.96. The van der Waals surface area contributed by atoms with Crippen LogP contribution in [-0.4, -0.2) is 49.5 Å². The van der Waals surface area contributed by atoms with Crippen LogP contribution in [0.5, 0.6) is 0 Å². The molecule has 3 rings (SSSR count). The number of hydrogen-bond donors (Lipinski definition) is 0. The van der Waals surface area contributed by atoms with Gasteiger partial charge in [0.1, 0.15) is 0 Å². The van der Waals surface area contributed by atoms with Crippen molar-refractivity contribution < 1.29 is 14.3 Å². The second-order valence-electron chi connectivity index (χ2n) is 5.99. The Morgan fingerprint density at radius 1 is 1.32 bits per heavy atom. The van der Waals surface area contributed by atoms with Crippen LogP contribution in [-0.2, 0) is 9.53 Å². The van der Waals surface area contributed by atoms with Crippen LogP contribution in [0, 0.1) is 13.8 Å². The number of rotatable bonds is 5. The molecular weight excluding hydrogens is 322 g/mol. The number of esters is 1. The summed E-state index contributed by atoms with van der Waals surface area (Å²) >= 11 is 0. The van der Waals surface area contributed by atoms with Crippen molar-refractivity contribution in [2.24, 2.45) is 0 Å². The smallest absolute Gasteiger partial charge is 0.378 e. The Kier molecular flexibility index (Phi) is 4.78. The molecule has 8 heteroatoms. The summed E-state index contributed by atoms with van der Waals surface area (Å²) in [6.07, 6.45) is 4.97. The molecule has 0 N–H and O–H groups in total. The highest BCUT2D eigenvalue weighted by Crippen LogP contribution is 2.21. The van der Waals surface area contributed by atoms with E-state index in [1.165, 1.54) is 4.52 Å². The van der Waals surface area contributed by atoms with Crippen LogP contribution in [0.15, 0.2) is 17.8 Å². The molecule has 0 radical (unpaired) electrons. The molecule has 2 heterocycles. The van der Waals surface area contributed by atoms with Crippen molar-refractivity contribution in [2.75, 3.05) is 13.2 Å². The number of carbonyl (C=O) groups excluding carboxylic acids is 2. The SMILES string of the molecule is CCN(C(=O)COC(=O)c1nc2nc(C)cc(C)n2n1)C1=CCCC1. The number of nitrogens with zero attached hydrogens (tertiary/aromatic N) is 5. The van der Waals surface area contributed by atoms with Gasteiger partial charge >= 0.3 is 5.97 Å². The van der Waals surface area contributed by atoms with Crippen LogP contribution >= 0.6 is 0 Å². The second kappa shape index (κ2) is 7.00. The number of fused-ring (bicyclic) bond motifs is 1. The largest absolute Gasteiger partial charge is 0.450 e. The van der Waals surface area contributed by atoms with E-state index in [0.29, 0.717) is 12.3 Å². The molecule has 1 aliphatic carbocycles. The predicted octanol–water partition coefficient (Wildman–Crippen LogP) is 1.81. The molecular formula is C17H21N5O3. The van der Waals surface area contributed by atoms with E-state index in [9.17, 15) is 9.59 Å². The Labute approximate surface area is 145 Å². The monoisotopic (exact) mass is 343 g/mol. The number of ether oxygens (including phenoxy) is 1. The molecule has 132 valence electrons. The van der Waals surface area contributed by atoms with Gasteiger partial charge in [-0.3, -0.25) is 4.79 Å². The molecule has 2 aromatic rings. The fourth-order valence-corrected chi connectivity index (χ4v) is 2.96. The van der Waals surface area contributed by atoms with E-state index >= 15 is 0 Å². The average molecular weight is 343 g/mol. The molecule has 0 saturated carbocycles. The van der Waals surface area contributed by atoms with Gasteiger partial charge in [0, 0.05) is 23.6 Å². The number of amides is 1. The van der Waals surface area contributed by atoms with E-state index in [4.69, 9.17) is 4.74 Å². The molecule has 25 heavy (non-hydrogen) atoms.